The van der Waals surface area contributed by atoms with Crippen molar-refractivity contribution in [1.82, 2.24) is 9.55 Å². The zero-order valence-corrected chi connectivity index (χ0v) is 14.6. The molecule has 1 aliphatic rings. The third-order valence-electron chi connectivity index (χ3n) is 4.88. The van der Waals surface area contributed by atoms with Crippen LogP contribution in [0.25, 0.3) is 0 Å². The van der Waals surface area contributed by atoms with Crippen LogP contribution in [0.3, 0.4) is 0 Å². The molecule has 1 unspecified atom stereocenters. The summed E-state index contributed by atoms with van der Waals surface area (Å²) in [5.41, 5.74) is -0.342. The van der Waals surface area contributed by atoms with E-state index in [1.807, 2.05) is 7.05 Å². The molecule has 0 amide bonds. The number of anilines is 1. The Morgan fingerprint density at radius 2 is 2.12 bits per heavy atom. The van der Waals surface area contributed by atoms with E-state index < -0.39 is 22.5 Å². The summed E-state index contributed by atoms with van der Waals surface area (Å²) in [6.45, 7) is 0.944. The van der Waals surface area contributed by atoms with Crippen LogP contribution in [-0.4, -0.2) is 39.8 Å². The Balaban J connectivity index is 1.79. The number of ether oxygens (including phenoxy) is 1. The van der Waals surface area contributed by atoms with Crippen molar-refractivity contribution >= 4 is 11.4 Å². The maximum atomic E-state index is 14.1. The van der Waals surface area contributed by atoms with E-state index in [-0.39, 0.29) is 17.4 Å². The van der Waals surface area contributed by atoms with Crippen molar-refractivity contribution in [3.05, 3.63) is 46.3 Å². The molecule has 1 aliphatic heterocycles. The average Bonchev–Trinajstić information content (AvgIpc) is 3.06. The van der Waals surface area contributed by atoms with Crippen molar-refractivity contribution in [2.75, 3.05) is 25.1 Å². The number of benzene rings is 1. The van der Waals surface area contributed by atoms with Gasteiger partial charge >= 0.3 is 5.69 Å². The highest BCUT2D eigenvalue weighted by molar-refractivity contribution is 5.66. The van der Waals surface area contributed by atoms with Gasteiger partial charge in [-0.2, -0.15) is 4.39 Å². The van der Waals surface area contributed by atoms with E-state index in [1.165, 1.54) is 13.2 Å². The molecule has 1 aromatic heterocycles. The molecule has 0 bridgehead atoms. The monoisotopic (exact) mass is 364 g/mol. The number of rotatable bonds is 5. The lowest BCUT2D eigenvalue weighted by Crippen LogP contribution is -2.36. The SMILES string of the molecule is COc1cc(F)c([N+](=O)[O-])c(N2CCC(C(O)c3nccn3C)CC2)c1. The molecule has 26 heavy (non-hydrogen) atoms. The number of aryl methyl sites for hydroxylation is 1. The number of nitrogens with zero attached hydrogens (tertiary/aromatic N) is 4. The Bertz CT molecular complexity index is 802. The number of aromatic nitrogens is 2. The van der Waals surface area contributed by atoms with Gasteiger partial charge in [0.1, 0.15) is 23.4 Å². The lowest BCUT2D eigenvalue weighted by molar-refractivity contribution is -0.386. The first-order valence-electron chi connectivity index (χ1n) is 8.34. The van der Waals surface area contributed by atoms with Crippen molar-refractivity contribution in [3.8, 4) is 5.75 Å². The Kier molecular flexibility index (Phi) is 5.08. The van der Waals surface area contributed by atoms with Crippen LogP contribution in [-0.2, 0) is 7.05 Å². The third kappa shape index (κ3) is 3.34. The first-order valence-corrected chi connectivity index (χ1v) is 8.34. The first-order chi connectivity index (χ1) is 12.4. The van der Waals surface area contributed by atoms with Crippen LogP contribution >= 0.6 is 0 Å². The minimum Gasteiger partial charge on any atom is -0.497 e. The largest absolute Gasteiger partial charge is 0.497 e. The molecular formula is C17H21FN4O4. The molecule has 9 heteroatoms. The molecule has 2 heterocycles. The fraction of sp³-hybridized carbons (Fsp3) is 0.471. The van der Waals surface area contributed by atoms with Crippen molar-refractivity contribution in [2.45, 2.75) is 18.9 Å². The van der Waals surface area contributed by atoms with Gasteiger partial charge in [-0.05, 0) is 18.8 Å². The molecule has 1 fully saturated rings. The maximum Gasteiger partial charge on any atom is 0.328 e. The number of methoxy groups -OCH3 is 1. The summed E-state index contributed by atoms with van der Waals surface area (Å²) in [7, 11) is 3.21. The van der Waals surface area contributed by atoms with Crippen LogP contribution in [0.15, 0.2) is 24.5 Å². The fourth-order valence-corrected chi connectivity index (χ4v) is 3.43. The molecule has 1 atom stereocenters. The van der Waals surface area contributed by atoms with Crippen molar-refractivity contribution in [1.29, 1.82) is 0 Å². The smallest absolute Gasteiger partial charge is 0.328 e. The normalized spacial score (nSPS) is 16.5. The standard InChI is InChI=1S/C17H21FN4O4/c1-20-8-5-19-17(20)16(23)11-3-6-21(7-4-11)14-10-12(26-2)9-13(18)15(14)22(24)25/h5,8-11,16,23H,3-4,6-7H2,1-2H3. The van der Waals surface area contributed by atoms with Gasteiger partial charge < -0.3 is 19.3 Å². The van der Waals surface area contributed by atoms with Crippen LogP contribution < -0.4 is 9.64 Å². The summed E-state index contributed by atoms with van der Waals surface area (Å²) >= 11 is 0. The zero-order chi connectivity index (χ0) is 18.8. The number of aliphatic hydroxyl groups excluding tert-OH is 1. The van der Waals surface area contributed by atoms with Gasteiger partial charge in [0, 0.05) is 44.7 Å². The minimum atomic E-state index is -0.917. The zero-order valence-electron chi connectivity index (χ0n) is 14.6. The molecule has 0 saturated carbocycles. The quantitative estimate of drug-likeness (QED) is 0.647. The number of nitro groups is 1. The molecule has 0 aliphatic carbocycles. The second kappa shape index (κ2) is 7.28. The molecule has 1 N–H and O–H groups in total. The summed E-state index contributed by atoms with van der Waals surface area (Å²) < 4.78 is 21.0. The molecule has 0 radical (unpaired) electrons. The average molecular weight is 364 g/mol. The molecule has 3 rings (SSSR count). The molecular weight excluding hydrogens is 343 g/mol. The van der Waals surface area contributed by atoms with E-state index >= 15 is 0 Å². The van der Waals surface area contributed by atoms with Crippen LogP contribution in [0.5, 0.6) is 5.75 Å². The number of hydrogen-bond acceptors (Lipinski definition) is 6. The Labute approximate surface area is 150 Å². The Morgan fingerprint density at radius 3 is 2.65 bits per heavy atom. The lowest BCUT2D eigenvalue weighted by atomic mass is 9.90. The van der Waals surface area contributed by atoms with E-state index in [4.69, 9.17) is 4.74 Å². The Hall–Kier alpha value is -2.68. The summed E-state index contributed by atoms with van der Waals surface area (Å²) in [6, 6.07) is 2.50. The van der Waals surface area contributed by atoms with Crippen LogP contribution in [0.4, 0.5) is 15.8 Å². The number of aliphatic hydroxyl groups is 1. The van der Waals surface area contributed by atoms with E-state index in [9.17, 15) is 19.6 Å². The first kappa shape index (κ1) is 18.1. The number of halogens is 1. The summed E-state index contributed by atoms with van der Waals surface area (Å²) in [6.07, 6.45) is 3.94. The van der Waals surface area contributed by atoms with Gasteiger partial charge in [0.15, 0.2) is 0 Å². The second-order valence-electron chi connectivity index (χ2n) is 6.40. The van der Waals surface area contributed by atoms with Crippen molar-refractivity contribution < 1.29 is 19.2 Å². The van der Waals surface area contributed by atoms with Gasteiger partial charge in [0.25, 0.3) is 0 Å². The summed E-state index contributed by atoms with van der Waals surface area (Å²) in [5.74, 6) is -0.0958. The molecule has 0 spiro atoms. The predicted molar refractivity (Wildman–Crippen MR) is 92.7 cm³/mol. The Morgan fingerprint density at radius 1 is 1.42 bits per heavy atom. The summed E-state index contributed by atoms with van der Waals surface area (Å²) in [5, 5.41) is 21.8. The van der Waals surface area contributed by atoms with E-state index in [0.29, 0.717) is 31.8 Å². The number of imidazole rings is 1. The van der Waals surface area contributed by atoms with E-state index in [1.54, 1.807) is 21.9 Å². The van der Waals surface area contributed by atoms with Gasteiger partial charge in [0.05, 0.1) is 12.0 Å². The molecule has 140 valence electrons. The van der Waals surface area contributed by atoms with Gasteiger partial charge in [0.2, 0.25) is 5.82 Å². The minimum absolute atomic E-state index is 0.0122. The maximum absolute atomic E-state index is 14.1. The van der Waals surface area contributed by atoms with Crippen molar-refractivity contribution in [2.24, 2.45) is 13.0 Å². The van der Waals surface area contributed by atoms with Gasteiger partial charge in [-0.15, -0.1) is 0 Å². The number of piperidine rings is 1. The topological polar surface area (TPSA) is 93.7 Å². The fourth-order valence-electron chi connectivity index (χ4n) is 3.43. The molecule has 2 aromatic rings. The van der Waals surface area contributed by atoms with E-state index in [0.717, 1.165) is 6.07 Å². The number of hydrogen-bond donors (Lipinski definition) is 1. The highest BCUT2D eigenvalue weighted by Crippen LogP contribution is 2.38. The van der Waals surface area contributed by atoms with E-state index in [2.05, 4.69) is 4.98 Å². The third-order valence-corrected chi connectivity index (χ3v) is 4.88. The van der Waals surface area contributed by atoms with Gasteiger partial charge in [-0.25, -0.2) is 4.98 Å². The van der Waals surface area contributed by atoms with Crippen molar-refractivity contribution in [3.63, 3.8) is 0 Å². The lowest BCUT2D eigenvalue weighted by Gasteiger charge is -2.35. The molecule has 1 aromatic carbocycles. The predicted octanol–water partition coefficient (Wildman–Crippen LogP) is 2.43. The van der Waals surface area contributed by atoms with Crippen LogP contribution in [0.2, 0.25) is 0 Å². The highest BCUT2D eigenvalue weighted by Gasteiger charge is 2.32. The van der Waals surface area contributed by atoms with Crippen LogP contribution in [0, 0.1) is 21.8 Å². The molecule has 1 saturated heterocycles. The second-order valence-corrected chi connectivity index (χ2v) is 6.40. The van der Waals surface area contributed by atoms with Crippen LogP contribution in [0.1, 0.15) is 24.8 Å². The van der Waals surface area contributed by atoms with Gasteiger partial charge in [-0.3, -0.25) is 10.1 Å². The number of nitro benzene ring substituents is 1. The van der Waals surface area contributed by atoms with Gasteiger partial charge in [-0.1, -0.05) is 0 Å². The highest BCUT2D eigenvalue weighted by atomic mass is 19.1. The molecule has 8 nitrogen and oxygen atoms in total. The summed E-state index contributed by atoms with van der Waals surface area (Å²) in [4.78, 5) is 16.5.